The summed E-state index contributed by atoms with van der Waals surface area (Å²) in [6.45, 7) is 11.9. The highest BCUT2D eigenvalue weighted by atomic mass is 16.2. The van der Waals surface area contributed by atoms with Crippen molar-refractivity contribution < 1.29 is 0 Å². The van der Waals surface area contributed by atoms with Gasteiger partial charge in [-0.3, -0.25) is 18.3 Å². The van der Waals surface area contributed by atoms with Gasteiger partial charge in [-0.15, -0.1) is 0 Å². The average molecular weight is 315 g/mol. The van der Waals surface area contributed by atoms with E-state index >= 15 is 0 Å². The first kappa shape index (κ1) is 15.3. The van der Waals surface area contributed by atoms with Crippen molar-refractivity contribution in [2.45, 2.75) is 40.3 Å². The van der Waals surface area contributed by atoms with E-state index in [4.69, 9.17) is 0 Å². The van der Waals surface area contributed by atoms with Gasteiger partial charge in [-0.05, 0) is 27.7 Å². The van der Waals surface area contributed by atoms with Crippen LogP contribution in [0.4, 0.5) is 0 Å². The van der Waals surface area contributed by atoms with Crippen LogP contribution in [0.5, 0.6) is 0 Å². The molecule has 3 rings (SSSR count). The molecule has 7 heteroatoms. The zero-order chi connectivity index (χ0) is 17.0. The Labute approximate surface area is 133 Å². The molecule has 0 fully saturated rings. The van der Waals surface area contributed by atoms with Crippen LogP contribution in [0.2, 0.25) is 0 Å². The van der Waals surface area contributed by atoms with E-state index in [1.165, 1.54) is 9.13 Å². The summed E-state index contributed by atoms with van der Waals surface area (Å²) >= 11 is 0. The molecule has 3 aromatic heterocycles. The highest BCUT2D eigenvalue weighted by molar-refractivity contribution is 5.75. The maximum atomic E-state index is 12.8. The minimum absolute atomic E-state index is 0.207. The van der Waals surface area contributed by atoms with E-state index in [-0.39, 0.29) is 23.8 Å². The number of fused-ring (bicyclic) bond motifs is 3. The zero-order valence-corrected chi connectivity index (χ0v) is 14.1. The van der Waals surface area contributed by atoms with E-state index < -0.39 is 0 Å². The fourth-order valence-electron chi connectivity index (χ4n) is 3.07. The van der Waals surface area contributed by atoms with Crippen LogP contribution in [0, 0.1) is 6.92 Å². The first-order chi connectivity index (χ1) is 10.7. The summed E-state index contributed by atoms with van der Waals surface area (Å²) in [4.78, 5) is 29.8. The van der Waals surface area contributed by atoms with Crippen LogP contribution in [0.1, 0.15) is 32.5 Å². The molecule has 122 valence electrons. The molecule has 0 aliphatic rings. The quantitative estimate of drug-likeness (QED) is 0.690. The summed E-state index contributed by atoms with van der Waals surface area (Å²) in [7, 11) is 1.64. The summed E-state index contributed by atoms with van der Waals surface area (Å²) in [5.74, 6) is 0.674. The van der Waals surface area contributed by atoms with Crippen molar-refractivity contribution >= 4 is 16.9 Å². The van der Waals surface area contributed by atoms with Crippen LogP contribution >= 0.6 is 0 Å². The highest BCUT2D eigenvalue weighted by Crippen LogP contribution is 2.20. The lowest BCUT2D eigenvalue weighted by atomic mass is 10.3. The van der Waals surface area contributed by atoms with Crippen LogP contribution in [-0.4, -0.2) is 23.1 Å². The molecule has 0 saturated heterocycles. The molecule has 0 amide bonds. The third-order valence-corrected chi connectivity index (χ3v) is 4.01. The van der Waals surface area contributed by atoms with Gasteiger partial charge in [-0.1, -0.05) is 12.2 Å². The predicted molar refractivity (Wildman–Crippen MR) is 90.1 cm³/mol. The van der Waals surface area contributed by atoms with Crippen molar-refractivity contribution in [3.05, 3.63) is 44.9 Å². The fraction of sp³-hybridized carbons (Fsp3) is 0.438. The second-order valence-corrected chi connectivity index (χ2v) is 6.38. The Kier molecular flexibility index (Phi) is 3.31. The van der Waals surface area contributed by atoms with Gasteiger partial charge in [0, 0.05) is 25.0 Å². The first-order valence-electron chi connectivity index (χ1n) is 7.57. The Morgan fingerprint density at radius 2 is 2.00 bits per heavy atom. The van der Waals surface area contributed by atoms with Gasteiger partial charge in [0.05, 0.1) is 6.54 Å². The first-order valence-corrected chi connectivity index (χ1v) is 7.57. The number of imidazole rings is 2. The number of rotatable bonds is 3. The molecule has 0 saturated carbocycles. The van der Waals surface area contributed by atoms with Crippen LogP contribution in [0.25, 0.3) is 16.9 Å². The number of hydrogen-bond donors (Lipinski definition) is 0. The second kappa shape index (κ2) is 4.97. The number of aromatic nitrogens is 5. The molecule has 0 radical (unpaired) electrons. The molecule has 0 unspecified atom stereocenters. The maximum absolute atomic E-state index is 12.8. The molecule has 3 aromatic rings. The Morgan fingerprint density at radius 1 is 1.35 bits per heavy atom. The van der Waals surface area contributed by atoms with E-state index in [2.05, 4.69) is 25.4 Å². The molecule has 0 N–H and O–H groups in total. The van der Waals surface area contributed by atoms with Gasteiger partial charge in [0.15, 0.2) is 11.2 Å². The monoisotopic (exact) mass is 315 g/mol. The Balaban J connectivity index is 2.53. The SMILES string of the molecule is C=C(C)Cn1c(=O)c2c(nc3n(C(C)C)c(C)cn23)n(C)c1=O. The molecule has 0 aliphatic heterocycles. The van der Waals surface area contributed by atoms with Gasteiger partial charge < -0.3 is 4.57 Å². The lowest BCUT2D eigenvalue weighted by Crippen LogP contribution is -2.39. The number of hydrogen-bond acceptors (Lipinski definition) is 3. The summed E-state index contributed by atoms with van der Waals surface area (Å²) in [5, 5.41) is 0. The van der Waals surface area contributed by atoms with Crippen molar-refractivity contribution in [3.8, 4) is 0 Å². The summed E-state index contributed by atoms with van der Waals surface area (Å²) in [6, 6.07) is 0.207. The van der Waals surface area contributed by atoms with Crippen molar-refractivity contribution in [3.63, 3.8) is 0 Å². The number of allylic oxidation sites excluding steroid dienone is 1. The maximum Gasteiger partial charge on any atom is 0.332 e. The van der Waals surface area contributed by atoms with E-state index in [0.29, 0.717) is 16.9 Å². The molecule has 0 bridgehead atoms. The van der Waals surface area contributed by atoms with Crippen LogP contribution < -0.4 is 11.2 Å². The van der Waals surface area contributed by atoms with Gasteiger partial charge in [-0.2, -0.15) is 4.98 Å². The molecule has 0 spiro atoms. The van der Waals surface area contributed by atoms with Crippen molar-refractivity contribution in [2.75, 3.05) is 0 Å². The predicted octanol–water partition coefficient (Wildman–Crippen LogP) is 1.61. The van der Waals surface area contributed by atoms with Crippen molar-refractivity contribution in [2.24, 2.45) is 7.05 Å². The minimum Gasteiger partial charge on any atom is -0.312 e. The Hall–Kier alpha value is -2.57. The zero-order valence-electron chi connectivity index (χ0n) is 14.1. The van der Waals surface area contributed by atoms with Gasteiger partial charge >= 0.3 is 5.69 Å². The van der Waals surface area contributed by atoms with E-state index in [0.717, 1.165) is 11.3 Å². The number of aryl methyl sites for hydroxylation is 2. The summed E-state index contributed by atoms with van der Waals surface area (Å²) < 4.78 is 6.46. The van der Waals surface area contributed by atoms with Crippen LogP contribution in [0.15, 0.2) is 27.9 Å². The molecule has 0 atom stereocenters. The third-order valence-electron chi connectivity index (χ3n) is 4.01. The summed E-state index contributed by atoms with van der Waals surface area (Å²) in [6.07, 6.45) is 1.89. The second-order valence-electron chi connectivity index (χ2n) is 6.38. The highest BCUT2D eigenvalue weighted by Gasteiger charge is 2.20. The minimum atomic E-state index is -0.376. The lowest BCUT2D eigenvalue weighted by molar-refractivity contribution is 0.601. The fourth-order valence-corrected chi connectivity index (χ4v) is 3.07. The standard InChI is InChI=1S/C16H21N5O2/c1-9(2)7-20-14(22)12-13(18(6)16(20)23)17-15-19(12)8-11(5)21(15)10(3)4/h8,10H,1,7H2,2-6H3. The normalized spacial score (nSPS) is 11.9. The van der Waals surface area contributed by atoms with Crippen LogP contribution in [0.3, 0.4) is 0 Å². The Bertz CT molecular complexity index is 1060. The van der Waals surface area contributed by atoms with E-state index in [9.17, 15) is 9.59 Å². The number of nitrogens with zero attached hydrogens (tertiary/aromatic N) is 5. The van der Waals surface area contributed by atoms with Crippen LogP contribution in [-0.2, 0) is 13.6 Å². The topological polar surface area (TPSA) is 66.2 Å². The largest absolute Gasteiger partial charge is 0.332 e. The van der Waals surface area contributed by atoms with Crippen molar-refractivity contribution in [1.82, 2.24) is 23.1 Å². The van der Waals surface area contributed by atoms with E-state index in [1.54, 1.807) is 18.4 Å². The average Bonchev–Trinajstić information content (AvgIpc) is 2.95. The molecule has 3 heterocycles. The molecular weight excluding hydrogens is 294 g/mol. The van der Waals surface area contributed by atoms with E-state index in [1.807, 2.05) is 17.7 Å². The molecular formula is C16H21N5O2. The van der Waals surface area contributed by atoms with Crippen molar-refractivity contribution in [1.29, 1.82) is 0 Å². The van der Waals surface area contributed by atoms with Gasteiger partial charge in [0.25, 0.3) is 5.56 Å². The Morgan fingerprint density at radius 3 is 2.57 bits per heavy atom. The van der Waals surface area contributed by atoms with Gasteiger partial charge in [-0.25, -0.2) is 4.79 Å². The van der Waals surface area contributed by atoms with Gasteiger partial charge in [0.1, 0.15) is 0 Å². The third kappa shape index (κ3) is 2.07. The smallest absolute Gasteiger partial charge is 0.312 e. The molecule has 7 nitrogen and oxygen atoms in total. The lowest BCUT2D eigenvalue weighted by Gasteiger charge is -2.09. The summed E-state index contributed by atoms with van der Waals surface area (Å²) in [5.41, 5.74) is 1.89. The van der Waals surface area contributed by atoms with Gasteiger partial charge in [0.2, 0.25) is 5.78 Å². The molecule has 0 aromatic carbocycles. The molecule has 0 aliphatic carbocycles. The molecule has 23 heavy (non-hydrogen) atoms.